The van der Waals surface area contributed by atoms with E-state index >= 15 is 0 Å². The number of nitrogens with one attached hydrogen (secondary N) is 2. The molecule has 31 heavy (non-hydrogen) atoms. The summed E-state index contributed by atoms with van der Waals surface area (Å²) in [7, 11) is 0. The minimum atomic E-state index is 0.141. The molecule has 0 spiro atoms. The number of hydrogen-bond acceptors (Lipinski definition) is 3. The van der Waals surface area contributed by atoms with E-state index in [9.17, 15) is 9.90 Å². The van der Waals surface area contributed by atoms with Gasteiger partial charge in [-0.05, 0) is 86.0 Å². The number of hydrogen-bond donors (Lipinski definition) is 3. The number of aromatic nitrogens is 2. The fraction of sp³-hybridized carbons (Fsp3) is 0.462. The number of aromatic amines is 1. The topological polar surface area (TPSA) is 78.0 Å². The number of aromatic hydroxyl groups is 1. The van der Waals surface area contributed by atoms with Gasteiger partial charge in [0.2, 0.25) is 5.91 Å². The van der Waals surface area contributed by atoms with Gasteiger partial charge in [-0.25, -0.2) is 4.98 Å². The molecule has 1 aromatic heterocycles. The Kier molecular flexibility index (Phi) is 4.51. The molecule has 3 N–H and O–H groups in total. The number of imidazole rings is 1. The first-order valence-corrected chi connectivity index (χ1v) is 11.7. The molecule has 5 nitrogen and oxygen atoms in total. The zero-order valence-corrected chi connectivity index (χ0v) is 17.7. The van der Waals surface area contributed by atoms with Crippen LogP contribution in [0.25, 0.3) is 11.0 Å². The summed E-state index contributed by atoms with van der Waals surface area (Å²) in [6, 6.07) is 13.2. The van der Waals surface area contributed by atoms with Crippen molar-refractivity contribution in [3.63, 3.8) is 0 Å². The van der Waals surface area contributed by atoms with Gasteiger partial charge in [-0.3, -0.25) is 4.79 Å². The molecule has 0 unspecified atom stereocenters. The number of fused-ring (bicyclic) bond motifs is 1. The van der Waals surface area contributed by atoms with Gasteiger partial charge < -0.3 is 15.4 Å². The number of phenols is 1. The highest BCUT2D eigenvalue weighted by Gasteiger charge is 2.48. The van der Waals surface area contributed by atoms with Crippen molar-refractivity contribution in [3.8, 4) is 5.75 Å². The monoisotopic (exact) mass is 415 g/mol. The zero-order chi connectivity index (χ0) is 20.9. The smallest absolute Gasteiger partial charge is 0.224 e. The fourth-order valence-corrected chi connectivity index (χ4v) is 6.86. The molecule has 4 bridgehead atoms. The van der Waals surface area contributed by atoms with Crippen LogP contribution in [-0.2, 0) is 11.2 Å². The first kappa shape index (κ1) is 18.9. The van der Waals surface area contributed by atoms with E-state index in [1.165, 1.54) is 32.1 Å². The molecule has 1 heterocycles. The van der Waals surface area contributed by atoms with E-state index in [1.54, 1.807) is 6.07 Å². The van der Waals surface area contributed by atoms with Gasteiger partial charge in [0, 0.05) is 24.1 Å². The summed E-state index contributed by atoms with van der Waals surface area (Å²) in [5.41, 5.74) is 3.41. The first-order chi connectivity index (χ1) is 15.1. The summed E-state index contributed by atoms with van der Waals surface area (Å²) in [5, 5.41) is 13.1. The predicted octanol–water partition coefficient (Wildman–Crippen LogP) is 5.26. The van der Waals surface area contributed by atoms with E-state index in [4.69, 9.17) is 0 Å². The molecule has 0 atom stereocenters. The molecule has 3 aromatic rings. The van der Waals surface area contributed by atoms with Crippen LogP contribution in [0.2, 0.25) is 0 Å². The minimum absolute atomic E-state index is 0.141. The summed E-state index contributed by atoms with van der Waals surface area (Å²) in [4.78, 5) is 20.8. The van der Waals surface area contributed by atoms with E-state index in [0.717, 1.165) is 51.8 Å². The van der Waals surface area contributed by atoms with Crippen molar-refractivity contribution in [1.82, 2.24) is 9.97 Å². The lowest BCUT2D eigenvalue weighted by Gasteiger charge is -2.54. The van der Waals surface area contributed by atoms with Gasteiger partial charge in [0.1, 0.15) is 11.6 Å². The van der Waals surface area contributed by atoms with Gasteiger partial charge in [-0.1, -0.05) is 18.2 Å². The third-order valence-corrected chi connectivity index (χ3v) is 8.01. The van der Waals surface area contributed by atoms with Crippen molar-refractivity contribution in [2.45, 2.75) is 44.9 Å². The number of phenolic OH excluding ortho intramolecular Hbond substituents is 1. The van der Waals surface area contributed by atoms with Crippen LogP contribution >= 0.6 is 0 Å². The third-order valence-electron chi connectivity index (χ3n) is 8.01. The Morgan fingerprint density at radius 1 is 1.03 bits per heavy atom. The van der Waals surface area contributed by atoms with Crippen molar-refractivity contribution in [3.05, 3.63) is 53.9 Å². The van der Waals surface area contributed by atoms with Gasteiger partial charge >= 0.3 is 0 Å². The second kappa shape index (κ2) is 7.40. The molecule has 0 aliphatic heterocycles. The quantitative estimate of drug-likeness (QED) is 0.532. The average Bonchev–Trinajstić information content (AvgIpc) is 3.13. The largest absolute Gasteiger partial charge is 0.508 e. The number of nitrogens with zero attached hydrogens (tertiary/aromatic N) is 1. The lowest BCUT2D eigenvalue weighted by Crippen LogP contribution is -2.46. The molecule has 2 aromatic carbocycles. The molecule has 4 saturated carbocycles. The van der Waals surface area contributed by atoms with Crippen LogP contribution < -0.4 is 5.32 Å². The second-order valence-corrected chi connectivity index (χ2v) is 10.1. The Hall–Kier alpha value is -2.82. The van der Waals surface area contributed by atoms with Gasteiger partial charge in [-0.15, -0.1) is 0 Å². The number of para-hydroxylation sites is 1. The van der Waals surface area contributed by atoms with Crippen molar-refractivity contribution >= 4 is 22.6 Å². The zero-order valence-electron chi connectivity index (χ0n) is 17.7. The Balaban J connectivity index is 1.14. The molecule has 4 fully saturated rings. The Morgan fingerprint density at radius 2 is 1.77 bits per heavy atom. The number of rotatable bonds is 5. The molecule has 4 aliphatic carbocycles. The molecule has 0 saturated heterocycles. The normalized spacial score (nSPS) is 28.8. The van der Waals surface area contributed by atoms with Gasteiger partial charge in [0.25, 0.3) is 0 Å². The molecular weight excluding hydrogens is 386 g/mol. The predicted molar refractivity (Wildman–Crippen MR) is 121 cm³/mol. The Bertz CT molecular complexity index is 1110. The second-order valence-electron chi connectivity index (χ2n) is 10.1. The minimum Gasteiger partial charge on any atom is -0.508 e. The highest BCUT2D eigenvalue weighted by molar-refractivity contribution is 5.93. The number of benzene rings is 2. The molecule has 4 aliphatic rings. The number of carbonyl (C=O) groups excluding carboxylic acids is 1. The van der Waals surface area contributed by atoms with Gasteiger partial charge in [0.05, 0.1) is 11.0 Å². The van der Waals surface area contributed by atoms with Gasteiger partial charge in [0.15, 0.2) is 0 Å². The van der Waals surface area contributed by atoms with Crippen LogP contribution in [0, 0.1) is 29.6 Å². The maximum absolute atomic E-state index is 12.9. The average molecular weight is 416 g/mol. The number of anilines is 1. The van der Waals surface area contributed by atoms with Crippen LogP contribution in [0.1, 0.15) is 49.9 Å². The SMILES string of the molecule is O=C(CC1C2CC3CC(C2)CC1C3)Nc1ccc2[nH]c(Cc3ccccc3O)nc2c1. The summed E-state index contributed by atoms with van der Waals surface area (Å²) in [6.45, 7) is 0. The van der Waals surface area contributed by atoms with Crippen LogP contribution in [0.5, 0.6) is 5.75 Å². The van der Waals surface area contributed by atoms with Crippen molar-refractivity contribution in [1.29, 1.82) is 0 Å². The van der Waals surface area contributed by atoms with E-state index in [0.29, 0.717) is 18.8 Å². The number of H-pyrrole nitrogens is 1. The number of carbonyl (C=O) groups is 1. The molecular formula is C26H29N3O2. The summed E-state index contributed by atoms with van der Waals surface area (Å²) in [5.74, 6) is 5.22. The van der Waals surface area contributed by atoms with Crippen LogP contribution in [0.3, 0.4) is 0 Å². The Labute approximate surface area is 182 Å². The van der Waals surface area contributed by atoms with Crippen LogP contribution in [0.15, 0.2) is 42.5 Å². The molecule has 7 rings (SSSR count). The van der Waals surface area contributed by atoms with Crippen molar-refractivity contribution in [2.75, 3.05) is 5.32 Å². The summed E-state index contributed by atoms with van der Waals surface area (Å²) in [6.07, 6.45) is 8.05. The molecule has 160 valence electrons. The van der Waals surface area contributed by atoms with E-state index in [1.807, 2.05) is 36.4 Å². The Morgan fingerprint density at radius 3 is 2.52 bits per heavy atom. The van der Waals surface area contributed by atoms with E-state index in [-0.39, 0.29) is 11.7 Å². The molecule has 1 amide bonds. The summed E-state index contributed by atoms with van der Waals surface area (Å²) < 4.78 is 0. The van der Waals surface area contributed by atoms with Crippen LogP contribution in [-0.4, -0.2) is 21.0 Å². The highest BCUT2D eigenvalue weighted by Crippen LogP contribution is 2.57. The standard InChI is InChI=1S/C26H29N3O2/c30-24-4-2-1-3-17(24)12-25-28-22-6-5-20(13-23(22)29-25)27-26(31)14-21-18-8-15-7-16(10-18)11-19(21)9-15/h1-6,13,15-16,18-19,21,30H,7-12,14H2,(H,27,31)(H,28,29). The van der Waals surface area contributed by atoms with Gasteiger partial charge in [-0.2, -0.15) is 0 Å². The first-order valence-electron chi connectivity index (χ1n) is 11.7. The fourth-order valence-electron chi connectivity index (χ4n) is 6.86. The van der Waals surface area contributed by atoms with Crippen molar-refractivity contribution in [2.24, 2.45) is 29.6 Å². The van der Waals surface area contributed by atoms with E-state index < -0.39 is 0 Å². The molecule has 0 radical (unpaired) electrons. The number of amides is 1. The molecule has 5 heteroatoms. The maximum atomic E-state index is 12.9. The van der Waals surface area contributed by atoms with Crippen molar-refractivity contribution < 1.29 is 9.90 Å². The third kappa shape index (κ3) is 3.60. The van der Waals surface area contributed by atoms with Crippen LogP contribution in [0.4, 0.5) is 5.69 Å². The van der Waals surface area contributed by atoms with E-state index in [2.05, 4.69) is 15.3 Å². The lowest BCUT2D eigenvalue weighted by atomic mass is 9.51. The summed E-state index contributed by atoms with van der Waals surface area (Å²) >= 11 is 0. The lowest BCUT2D eigenvalue weighted by molar-refractivity contribution is -0.121. The highest BCUT2D eigenvalue weighted by atomic mass is 16.3. The maximum Gasteiger partial charge on any atom is 0.224 e.